The average Bonchev–Trinajstić information content (AvgIpc) is 2.36. The number of carbonyl (C=O) groups is 1. The quantitative estimate of drug-likeness (QED) is 0.813. The molecule has 1 amide bonds. The van der Waals surface area contributed by atoms with Crippen LogP contribution in [-0.2, 0) is 4.79 Å². The molecular weight excluding hydrogens is 230 g/mol. The maximum Gasteiger partial charge on any atom is 0.258 e. The number of amides is 1. The summed E-state index contributed by atoms with van der Waals surface area (Å²) in [7, 11) is 0. The van der Waals surface area contributed by atoms with Gasteiger partial charge in [-0.2, -0.15) is 0 Å². The van der Waals surface area contributed by atoms with Crippen LogP contribution in [0.25, 0.3) is 0 Å². The molecule has 1 unspecified atom stereocenters. The van der Waals surface area contributed by atoms with Crippen LogP contribution >= 0.6 is 0 Å². The molecule has 0 fully saturated rings. The molecule has 0 heterocycles. The van der Waals surface area contributed by atoms with Gasteiger partial charge in [-0.15, -0.1) is 0 Å². The highest BCUT2D eigenvalue weighted by Gasteiger charge is 2.06. The Morgan fingerprint density at radius 1 is 1.33 bits per heavy atom. The Labute approximate surface area is 108 Å². The summed E-state index contributed by atoms with van der Waals surface area (Å²) < 4.78 is 5.35. The average molecular weight is 251 g/mol. The summed E-state index contributed by atoms with van der Waals surface area (Å²) >= 11 is 0. The number of nitrogens with one attached hydrogen (secondary N) is 1. The first-order valence-electron chi connectivity index (χ1n) is 6.23. The van der Waals surface area contributed by atoms with Crippen molar-refractivity contribution in [3.05, 3.63) is 29.8 Å². The van der Waals surface area contributed by atoms with E-state index >= 15 is 0 Å². The van der Waals surface area contributed by atoms with Crippen molar-refractivity contribution in [2.45, 2.75) is 39.3 Å². The van der Waals surface area contributed by atoms with Crippen molar-refractivity contribution in [3.8, 4) is 5.75 Å². The highest BCUT2D eigenvalue weighted by molar-refractivity contribution is 5.77. The maximum absolute atomic E-state index is 11.5. The zero-order chi connectivity index (χ0) is 13.5. The SMILES string of the molecule is CCC(C)NC(=O)COc1ccc([C@@H](C)O)cc1. The third-order valence-electron chi connectivity index (χ3n) is 2.75. The van der Waals surface area contributed by atoms with E-state index in [1.165, 1.54) is 0 Å². The van der Waals surface area contributed by atoms with E-state index in [0.717, 1.165) is 12.0 Å². The molecule has 0 aliphatic carbocycles. The number of aliphatic hydroxyl groups is 1. The van der Waals surface area contributed by atoms with Gasteiger partial charge in [0.05, 0.1) is 6.10 Å². The minimum atomic E-state index is -0.493. The number of benzene rings is 1. The van der Waals surface area contributed by atoms with Gasteiger partial charge in [0.1, 0.15) is 5.75 Å². The maximum atomic E-state index is 11.5. The molecule has 0 bridgehead atoms. The Morgan fingerprint density at radius 2 is 1.94 bits per heavy atom. The lowest BCUT2D eigenvalue weighted by atomic mass is 10.1. The lowest BCUT2D eigenvalue weighted by Crippen LogP contribution is -2.35. The van der Waals surface area contributed by atoms with Crippen molar-refractivity contribution >= 4 is 5.91 Å². The third-order valence-corrected chi connectivity index (χ3v) is 2.75. The Hall–Kier alpha value is -1.55. The summed E-state index contributed by atoms with van der Waals surface area (Å²) in [6, 6.07) is 7.23. The van der Waals surface area contributed by atoms with E-state index in [2.05, 4.69) is 5.32 Å². The zero-order valence-electron chi connectivity index (χ0n) is 11.1. The standard InChI is InChI=1S/C14H21NO3/c1-4-10(2)15-14(17)9-18-13-7-5-12(6-8-13)11(3)16/h5-8,10-11,16H,4,9H2,1-3H3,(H,15,17)/t10?,11-/m1/s1. The Balaban J connectivity index is 2.41. The van der Waals surface area contributed by atoms with E-state index in [1.807, 2.05) is 13.8 Å². The normalized spacial score (nSPS) is 13.8. The summed E-state index contributed by atoms with van der Waals surface area (Å²) in [5, 5.41) is 12.2. The van der Waals surface area contributed by atoms with Crippen LogP contribution in [0.5, 0.6) is 5.75 Å². The summed E-state index contributed by atoms with van der Waals surface area (Å²) in [5.41, 5.74) is 0.825. The molecule has 0 saturated carbocycles. The number of hydrogen-bond acceptors (Lipinski definition) is 3. The first-order valence-corrected chi connectivity index (χ1v) is 6.23. The molecule has 1 rings (SSSR count). The third kappa shape index (κ3) is 4.75. The fourth-order valence-electron chi connectivity index (χ4n) is 1.41. The first kappa shape index (κ1) is 14.5. The van der Waals surface area contributed by atoms with Crippen molar-refractivity contribution < 1.29 is 14.6 Å². The van der Waals surface area contributed by atoms with Crippen LogP contribution in [0.15, 0.2) is 24.3 Å². The molecule has 18 heavy (non-hydrogen) atoms. The van der Waals surface area contributed by atoms with Gasteiger partial charge in [-0.1, -0.05) is 19.1 Å². The van der Waals surface area contributed by atoms with E-state index < -0.39 is 6.10 Å². The van der Waals surface area contributed by atoms with E-state index in [0.29, 0.717) is 5.75 Å². The summed E-state index contributed by atoms with van der Waals surface area (Å²) in [6.45, 7) is 5.68. The lowest BCUT2D eigenvalue weighted by molar-refractivity contribution is -0.123. The molecular formula is C14H21NO3. The Morgan fingerprint density at radius 3 is 2.44 bits per heavy atom. The molecule has 0 aromatic heterocycles. The van der Waals surface area contributed by atoms with E-state index in [4.69, 9.17) is 4.74 Å². The molecule has 0 spiro atoms. The van der Waals surface area contributed by atoms with Crippen LogP contribution in [0.1, 0.15) is 38.9 Å². The Kier molecular flexibility index (Phi) is 5.65. The molecule has 1 aromatic carbocycles. The largest absolute Gasteiger partial charge is 0.484 e. The van der Waals surface area contributed by atoms with Gasteiger partial charge in [0.2, 0.25) is 0 Å². The summed E-state index contributed by atoms with van der Waals surface area (Å²) in [4.78, 5) is 11.5. The molecule has 4 heteroatoms. The van der Waals surface area contributed by atoms with Gasteiger partial charge >= 0.3 is 0 Å². The van der Waals surface area contributed by atoms with Gasteiger partial charge in [-0.05, 0) is 38.0 Å². The Bertz CT molecular complexity index is 373. The van der Waals surface area contributed by atoms with Crippen molar-refractivity contribution in [3.63, 3.8) is 0 Å². The minimum absolute atomic E-state index is 0.0123. The van der Waals surface area contributed by atoms with Gasteiger partial charge in [-0.25, -0.2) is 0 Å². The van der Waals surface area contributed by atoms with Crippen molar-refractivity contribution in [2.24, 2.45) is 0 Å². The van der Waals surface area contributed by atoms with Crippen LogP contribution in [0.3, 0.4) is 0 Å². The molecule has 0 aliphatic rings. The predicted octanol–water partition coefficient (Wildman–Crippen LogP) is 2.03. The smallest absolute Gasteiger partial charge is 0.258 e. The number of rotatable bonds is 6. The first-order chi connectivity index (χ1) is 8.52. The number of carbonyl (C=O) groups excluding carboxylic acids is 1. The molecule has 0 aliphatic heterocycles. The summed E-state index contributed by atoms with van der Waals surface area (Å²) in [6.07, 6.45) is 0.405. The van der Waals surface area contributed by atoms with Crippen molar-refractivity contribution in [1.82, 2.24) is 5.32 Å². The van der Waals surface area contributed by atoms with Crippen LogP contribution in [0, 0.1) is 0 Å². The topological polar surface area (TPSA) is 58.6 Å². The second-order valence-corrected chi connectivity index (χ2v) is 4.41. The number of ether oxygens (including phenoxy) is 1. The molecule has 4 nitrogen and oxygen atoms in total. The molecule has 1 aromatic rings. The number of aliphatic hydroxyl groups excluding tert-OH is 1. The zero-order valence-corrected chi connectivity index (χ0v) is 11.1. The van der Waals surface area contributed by atoms with Gasteiger partial charge in [0.25, 0.3) is 5.91 Å². The highest BCUT2D eigenvalue weighted by Crippen LogP contribution is 2.17. The van der Waals surface area contributed by atoms with Crippen LogP contribution < -0.4 is 10.1 Å². The molecule has 0 radical (unpaired) electrons. The van der Waals surface area contributed by atoms with Crippen LogP contribution in [0.2, 0.25) is 0 Å². The minimum Gasteiger partial charge on any atom is -0.484 e. The summed E-state index contributed by atoms with van der Waals surface area (Å²) in [5.74, 6) is 0.502. The lowest BCUT2D eigenvalue weighted by Gasteiger charge is -2.12. The fourth-order valence-corrected chi connectivity index (χ4v) is 1.41. The van der Waals surface area contributed by atoms with E-state index in [9.17, 15) is 9.90 Å². The fraction of sp³-hybridized carbons (Fsp3) is 0.500. The second kappa shape index (κ2) is 7.01. The van der Waals surface area contributed by atoms with Gasteiger partial charge in [0.15, 0.2) is 6.61 Å². The van der Waals surface area contributed by atoms with Gasteiger partial charge in [0, 0.05) is 6.04 Å². The number of hydrogen-bond donors (Lipinski definition) is 2. The van der Waals surface area contributed by atoms with Crippen LogP contribution in [-0.4, -0.2) is 23.7 Å². The monoisotopic (exact) mass is 251 g/mol. The van der Waals surface area contributed by atoms with E-state index in [-0.39, 0.29) is 18.6 Å². The predicted molar refractivity (Wildman–Crippen MR) is 70.5 cm³/mol. The molecule has 2 atom stereocenters. The molecule has 2 N–H and O–H groups in total. The van der Waals surface area contributed by atoms with Gasteiger partial charge in [-0.3, -0.25) is 4.79 Å². The second-order valence-electron chi connectivity index (χ2n) is 4.41. The van der Waals surface area contributed by atoms with Crippen molar-refractivity contribution in [1.29, 1.82) is 0 Å². The van der Waals surface area contributed by atoms with Gasteiger partial charge < -0.3 is 15.2 Å². The molecule has 0 saturated heterocycles. The molecule has 100 valence electrons. The van der Waals surface area contributed by atoms with Crippen LogP contribution in [0.4, 0.5) is 0 Å². The van der Waals surface area contributed by atoms with E-state index in [1.54, 1.807) is 31.2 Å². The highest BCUT2D eigenvalue weighted by atomic mass is 16.5. The van der Waals surface area contributed by atoms with Crippen molar-refractivity contribution in [2.75, 3.05) is 6.61 Å².